The molecule has 27 heteroatoms. The highest BCUT2D eigenvalue weighted by Gasteiger charge is 2.45. The number of hydrogen-bond donors (Lipinski definition) is 13. The number of benzene rings is 1. The molecule has 6 atom stereocenters. The zero-order valence-corrected chi connectivity index (χ0v) is 48.0. The second-order valence-electron chi connectivity index (χ2n) is 23.0. The molecule has 1 aromatic rings. The van der Waals surface area contributed by atoms with Crippen molar-refractivity contribution in [3.63, 3.8) is 0 Å². The second kappa shape index (κ2) is 29.5. The molecule has 80 heavy (non-hydrogen) atoms. The molecule has 0 bridgehead atoms. The fourth-order valence-corrected chi connectivity index (χ4v) is 8.20. The molecule has 0 aliphatic carbocycles. The van der Waals surface area contributed by atoms with Gasteiger partial charge in [-0.05, 0) is 105 Å². The van der Waals surface area contributed by atoms with Gasteiger partial charge in [0.1, 0.15) is 52.9 Å². The van der Waals surface area contributed by atoms with Gasteiger partial charge in [-0.1, -0.05) is 58.0 Å². The van der Waals surface area contributed by atoms with Crippen molar-refractivity contribution >= 4 is 76.9 Å². The second-order valence-corrected chi connectivity index (χ2v) is 23.0. The van der Waals surface area contributed by atoms with Gasteiger partial charge in [-0.2, -0.15) is 0 Å². The van der Waals surface area contributed by atoms with E-state index in [-0.39, 0.29) is 38.1 Å². The third-order valence-corrected chi connectivity index (χ3v) is 12.9. The van der Waals surface area contributed by atoms with E-state index in [1.165, 1.54) is 60.3 Å². The van der Waals surface area contributed by atoms with Gasteiger partial charge in [0.15, 0.2) is 0 Å². The number of amides is 12. The average molecular weight is 1130 g/mol. The van der Waals surface area contributed by atoms with E-state index in [9.17, 15) is 67.4 Å². The van der Waals surface area contributed by atoms with Crippen LogP contribution in [0.25, 0.3) is 0 Å². The number of aliphatic carboxylic acids is 1. The van der Waals surface area contributed by atoms with Gasteiger partial charge < -0.3 is 75.1 Å². The van der Waals surface area contributed by atoms with E-state index in [1.807, 2.05) is 13.8 Å². The van der Waals surface area contributed by atoms with E-state index < -0.39 is 167 Å². The molecular weight excluding hydrogens is 1040 g/mol. The third-order valence-electron chi connectivity index (χ3n) is 12.9. The lowest BCUT2D eigenvalue weighted by atomic mass is 9.96. The average Bonchev–Trinajstić information content (AvgIpc) is 3.83. The van der Waals surface area contributed by atoms with Crippen molar-refractivity contribution < 1.29 is 67.4 Å². The lowest BCUT2D eigenvalue weighted by molar-refractivity contribution is -0.146. The molecule has 0 aromatic heterocycles. The van der Waals surface area contributed by atoms with Gasteiger partial charge in [-0.15, -0.1) is 0 Å². The molecule has 12 amide bonds. The number of rotatable bonds is 31. The number of primary amides is 2. The molecule has 0 saturated carbocycles. The van der Waals surface area contributed by atoms with Crippen molar-refractivity contribution in [1.29, 1.82) is 0 Å². The number of carboxylic acids is 1. The van der Waals surface area contributed by atoms with E-state index in [4.69, 9.17) is 17.2 Å². The maximum absolute atomic E-state index is 14.1. The zero-order chi connectivity index (χ0) is 61.2. The first kappa shape index (κ1) is 68.4. The van der Waals surface area contributed by atoms with Gasteiger partial charge in [0, 0.05) is 25.8 Å². The van der Waals surface area contributed by atoms with Crippen LogP contribution in [0.15, 0.2) is 30.3 Å². The van der Waals surface area contributed by atoms with Gasteiger partial charge in [-0.25, -0.2) is 0 Å². The van der Waals surface area contributed by atoms with Gasteiger partial charge in [0.05, 0.1) is 12.1 Å². The number of carboxylic acid groups (broad SMARTS) is 1. The predicted octanol–water partition coefficient (Wildman–Crippen LogP) is -2.50. The standard InChI is InChI=1S/C53H85N13O14/c1-28(2)25-34(58-37(68)27-57-46(77)50(5,6)56)43(74)63-53(11,12)49(80)66-24-16-19-35(66)44(75)62-39(29(3)4)45(76)64-52(9,10)48(79)65-51(7,8)47(78)61-32(21-23-38(69)70)42(73)59-31(20-22-36(54)67)41(72)60-33(40(55)71)26-30-17-14-13-15-18-30/h13-15,17-18,28-29,31-35,39H,16,19-27,56H2,1-12H3,(H2,54,67)(H2,55,71)(H,57,77)(H,58,68)(H,59,73)(H,60,72)(H,61,78)(H,62,75)(H,63,74)(H,64,76)(H,65,79)(H,69,70)/t31-,32-,33-,34-,35-,39-/m0/s1. The maximum atomic E-state index is 14.1. The summed E-state index contributed by atoms with van der Waals surface area (Å²) in [5.41, 5.74) is 10.8. The van der Waals surface area contributed by atoms with Gasteiger partial charge in [0.25, 0.3) is 0 Å². The Balaban J connectivity index is 2.22. The number of nitrogens with zero attached hydrogens (tertiary/aromatic N) is 1. The Kier molecular flexibility index (Phi) is 25.2. The molecule has 16 N–H and O–H groups in total. The first-order valence-electron chi connectivity index (χ1n) is 26.5. The van der Waals surface area contributed by atoms with Crippen molar-refractivity contribution in [3.8, 4) is 0 Å². The van der Waals surface area contributed by atoms with Crippen molar-refractivity contribution in [2.75, 3.05) is 13.1 Å². The Morgan fingerprint density at radius 2 is 1.16 bits per heavy atom. The number of likely N-dealkylation sites (tertiary alicyclic amines) is 1. The van der Waals surface area contributed by atoms with Crippen molar-refractivity contribution in [3.05, 3.63) is 35.9 Å². The fourth-order valence-electron chi connectivity index (χ4n) is 8.20. The molecule has 1 saturated heterocycles. The van der Waals surface area contributed by atoms with E-state index >= 15 is 0 Å². The van der Waals surface area contributed by atoms with Crippen LogP contribution in [0.2, 0.25) is 0 Å². The zero-order valence-electron chi connectivity index (χ0n) is 48.0. The Bertz CT molecular complexity index is 2460. The van der Waals surface area contributed by atoms with Crippen LogP contribution >= 0.6 is 0 Å². The quantitative estimate of drug-likeness (QED) is 0.0366. The summed E-state index contributed by atoms with van der Waals surface area (Å²) in [6, 6.07) is 0.656. The summed E-state index contributed by atoms with van der Waals surface area (Å²) >= 11 is 0. The fraction of sp³-hybridized carbons (Fsp3) is 0.642. The Morgan fingerprint density at radius 3 is 1.69 bits per heavy atom. The van der Waals surface area contributed by atoms with Crippen LogP contribution in [0.5, 0.6) is 0 Å². The normalized spacial score (nSPS) is 15.6. The number of carbonyl (C=O) groups excluding carboxylic acids is 12. The number of hydrogen-bond acceptors (Lipinski definition) is 14. The molecule has 27 nitrogen and oxygen atoms in total. The molecule has 446 valence electrons. The predicted molar refractivity (Wildman–Crippen MR) is 291 cm³/mol. The highest BCUT2D eigenvalue weighted by Crippen LogP contribution is 2.23. The van der Waals surface area contributed by atoms with Crippen LogP contribution in [0.3, 0.4) is 0 Å². The van der Waals surface area contributed by atoms with Gasteiger partial charge >= 0.3 is 5.97 Å². The van der Waals surface area contributed by atoms with Crippen LogP contribution in [-0.2, 0) is 68.7 Å². The van der Waals surface area contributed by atoms with Gasteiger partial charge in [0.2, 0.25) is 70.9 Å². The molecule has 1 fully saturated rings. The minimum absolute atomic E-state index is 0.0216. The maximum Gasteiger partial charge on any atom is 0.303 e. The van der Waals surface area contributed by atoms with E-state index in [1.54, 1.807) is 44.2 Å². The summed E-state index contributed by atoms with van der Waals surface area (Å²) in [6.07, 6.45) is -1.18. The highest BCUT2D eigenvalue weighted by atomic mass is 16.4. The van der Waals surface area contributed by atoms with Crippen LogP contribution in [-0.4, -0.2) is 158 Å². The van der Waals surface area contributed by atoms with Crippen molar-refractivity contribution in [2.45, 2.75) is 193 Å². The summed E-state index contributed by atoms with van der Waals surface area (Å²) in [5, 5.41) is 32.3. The molecule has 1 aliphatic heterocycles. The Morgan fingerprint density at radius 1 is 0.625 bits per heavy atom. The largest absolute Gasteiger partial charge is 0.481 e. The smallest absolute Gasteiger partial charge is 0.303 e. The molecular formula is C53H85N13O14. The van der Waals surface area contributed by atoms with Crippen LogP contribution < -0.4 is 65.1 Å². The number of nitrogens with two attached hydrogens (primary N) is 3. The minimum Gasteiger partial charge on any atom is -0.481 e. The topological polar surface area (TPSA) is 432 Å². The summed E-state index contributed by atoms with van der Waals surface area (Å²) in [5.74, 6) is -11.7. The third kappa shape index (κ3) is 21.8. The molecule has 1 aromatic carbocycles. The monoisotopic (exact) mass is 1130 g/mol. The first-order valence-corrected chi connectivity index (χ1v) is 26.5. The number of nitrogens with one attached hydrogen (secondary N) is 9. The summed E-state index contributed by atoms with van der Waals surface area (Å²) in [7, 11) is 0. The lowest BCUT2D eigenvalue weighted by Crippen LogP contribution is -2.66. The summed E-state index contributed by atoms with van der Waals surface area (Å²) in [6.45, 7) is 17.6. The van der Waals surface area contributed by atoms with Crippen molar-refractivity contribution in [2.24, 2.45) is 29.0 Å². The molecule has 0 spiro atoms. The summed E-state index contributed by atoms with van der Waals surface area (Å²) in [4.78, 5) is 173. The molecule has 1 aliphatic rings. The van der Waals surface area contributed by atoms with E-state index in [2.05, 4.69) is 47.9 Å². The Labute approximate surface area is 466 Å². The minimum atomic E-state index is -1.88. The van der Waals surface area contributed by atoms with Crippen LogP contribution in [0.4, 0.5) is 0 Å². The molecule has 0 unspecified atom stereocenters. The SMILES string of the molecule is CC(C)C[C@H](NC(=O)CNC(=O)C(C)(C)N)C(=O)NC(C)(C)C(=O)N1CCC[C@H]1C(=O)N[C@H](C(=O)NC(C)(C)C(=O)NC(C)(C)C(=O)N[C@@H](CCC(=O)O)C(=O)N[C@@H](CCC(N)=O)C(=O)N[C@@H](Cc1ccccc1)C(N)=O)C(C)C. The highest BCUT2D eigenvalue weighted by molar-refractivity contribution is 6.01. The Hall–Kier alpha value is -7.71. The van der Waals surface area contributed by atoms with Crippen LogP contribution in [0.1, 0.15) is 134 Å². The van der Waals surface area contributed by atoms with Crippen molar-refractivity contribution in [1.82, 2.24) is 52.8 Å². The van der Waals surface area contributed by atoms with E-state index in [0.717, 1.165) is 0 Å². The first-order chi connectivity index (χ1) is 36.8. The van der Waals surface area contributed by atoms with Gasteiger partial charge in [-0.3, -0.25) is 62.3 Å². The summed E-state index contributed by atoms with van der Waals surface area (Å²) < 4.78 is 0. The lowest BCUT2D eigenvalue weighted by Gasteiger charge is -2.36. The number of carbonyl (C=O) groups is 13. The molecule has 2 rings (SSSR count). The van der Waals surface area contributed by atoms with Crippen LogP contribution in [0, 0.1) is 11.8 Å². The molecule has 0 radical (unpaired) electrons. The molecule has 1 heterocycles. The van der Waals surface area contributed by atoms with E-state index in [0.29, 0.717) is 12.0 Å².